The molecule has 1 atom stereocenters. The van der Waals surface area contributed by atoms with Crippen molar-refractivity contribution < 1.29 is 9.59 Å². The van der Waals surface area contributed by atoms with E-state index in [0.717, 1.165) is 16.8 Å². The molecule has 0 saturated carbocycles. The molecule has 1 heterocycles. The monoisotopic (exact) mass is 274 g/mol. The Morgan fingerprint density at radius 3 is 2.65 bits per heavy atom. The van der Waals surface area contributed by atoms with Crippen molar-refractivity contribution >= 4 is 17.5 Å². The highest BCUT2D eigenvalue weighted by Gasteiger charge is 2.34. The summed E-state index contributed by atoms with van der Waals surface area (Å²) in [6.45, 7) is 8.85. The molecule has 0 bridgehead atoms. The van der Waals surface area contributed by atoms with Crippen LogP contribution >= 0.6 is 0 Å². The van der Waals surface area contributed by atoms with Crippen LogP contribution in [0.5, 0.6) is 0 Å². The Balaban J connectivity index is 2.27. The minimum Gasteiger partial charge on any atom is -0.329 e. The van der Waals surface area contributed by atoms with E-state index in [-0.39, 0.29) is 17.9 Å². The molecule has 0 unspecified atom stereocenters. The molecular weight excluding hydrogens is 252 g/mol. The zero-order valence-electron chi connectivity index (χ0n) is 12.6. The second kappa shape index (κ2) is 5.65. The van der Waals surface area contributed by atoms with Gasteiger partial charge in [0.15, 0.2) is 0 Å². The smallest absolute Gasteiger partial charge is 0.249 e. The standard InChI is InChI=1S/C16H22N2O2/c1-5-15(19)17-8-9-18(16(20)13(17)4)14-10-11(2)6-7-12(14)3/h6-7,10,13H,5,8-9H2,1-4H3/t13-/m0/s1. The fourth-order valence-corrected chi connectivity index (χ4v) is 2.66. The molecule has 0 radical (unpaired) electrons. The molecule has 1 aromatic rings. The Labute approximate surface area is 120 Å². The molecule has 1 fully saturated rings. The molecule has 0 N–H and O–H groups in total. The Morgan fingerprint density at radius 1 is 1.30 bits per heavy atom. The lowest BCUT2D eigenvalue weighted by atomic mass is 10.1. The van der Waals surface area contributed by atoms with Crippen LogP contribution in [0.4, 0.5) is 5.69 Å². The quantitative estimate of drug-likeness (QED) is 0.830. The van der Waals surface area contributed by atoms with Gasteiger partial charge in [0.1, 0.15) is 6.04 Å². The van der Waals surface area contributed by atoms with Crippen LogP contribution in [-0.2, 0) is 9.59 Å². The van der Waals surface area contributed by atoms with Crippen molar-refractivity contribution in [2.24, 2.45) is 0 Å². The lowest BCUT2D eigenvalue weighted by Crippen LogP contribution is -2.57. The molecule has 1 aliphatic heterocycles. The van der Waals surface area contributed by atoms with Crippen LogP contribution in [0.15, 0.2) is 18.2 Å². The summed E-state index contributed by atoms with van der Waals surface area (Å²) in [4.78, 5) is 27.9. The van der Waals surface area contributed by atoms with Gasteiger partial charge in [-0.15, -0.1) is 0 Å². The first kappa shape index (κ1) is 14.6. The van der Waals surface area contributed by atoms with Crippen LogP contribution in [-0.4, -0.2) is 35.8 Å². The molecule has 1 aliphatic rings. The summed E-state index contributed by atoms with van der Waals surface area (Å²) in [6.07, 6.45) is 0.446. The van der Waals surface area contributed by atoms with Gasteiger partial charge < -0.3 is 9.80 Å². The molecule has 1 aromatic carbocycles. The lowest BCUT2D eigenvalue weighted by Gasteiger charge is -2.39. The predicted octanol–water partition coefficient (Wildman–Crippen LogP) is 2.28. The predicted molar refractivity (Wildman–Crippen MR) is 79.7 cm³/mol. The minimum atomic E-state index is -0.379. The zero-order valence-corrected chi connectivity index (χ0v) is 12.6. The SMILES string of the molecule is CCC(=O)N1CCN(c2cc(C)ccc2C)C(=O)[C@@H]1C. The summed E-state index contributed by atoms with van der Waals surface area (Å²) < 4.78 is 0. The van der Waals surface area contributed by atoms with Gasteiger partial charge in [-0.05, 0) is 38.0 Å². The maximum absolute atomic E-state index is 12.6. The van der Waals surface area contributed by atoms with Crippen molar-refractivity contribution in [1.82, 2.24) is 4.90 Å². The highest BCUT2D eigenvalue weighted by atomic mass is 16.2. The molecule has 2 rings (SSSR count). The largest absolute Gasteiger partial charge is 0.329 e. The van der Waals surface area contributed by atoms with Gasteiger partial charge in [0.2, 0.25) is 11.8 Å². The number of anilines is 1. The molecule has 2 amide bonds. The third-order valence-electron chi connectivity index (χ3n) is 3.93. The highest BCUT2D eigenvalue weighted by Crippen LogP contribution is 2.25. The van der Waals surface area contributed by atoms with Crippen LogP contribution in [0.2, 0.25) is 0 Å². The van der Waals surface area contributed by atoms with Gasteiger partial charge in [0.25, 0.3) is 0 Å². The second-order valence-corrected chi connectivity index (χ2v) is 5.40. The summed E-state index contributed by atoms with van der Waals surface area (Å²) >= 11 is 0. The molecule has 0 spiro atoms. The van der Waals surface area contributed by atoms with Crippen molar-refractivity contribution in [2.75, 3.05) is 18.0 Å². The van der Waals surface area contributed by atoms with Crippen LogP contribution < -0.4 is 4.90 Å². The Morgan fingerprint density at radius 2 is 2.00 bits per heavy atom. The first-order chi connectivity index (χ1) is 9.45. The highest BCUT2D eigenvalue weighted by molar-refractivity contribution is 6.00. The molecule has 0 aromatic heterocycles. The molecular formula is C16H22N2O2. The second-order valence-electron chi connectivity index (χ2n) is 5.40. The van der Waals surface area contributed by atoms with Crippen LogP contribution in [0.25, 0.3) is 0 Å². The van der Waals surface area contributed by atoms with Gasteiger partial charge in [-0.25, -0.2) is 0 Å². The first-order valence-corrected chi connectivity index (χ1v) is 7.13. The normalized spacial score (nSPS) is 19.4. The van der Waals surface area contributed by atoms with Crippen molar-refractivity contribution in [1.29, 1.82) is 0 Å². The average molecular weight is 274 g/mol. The Hall–Kier alpha value is -1.84. The summed E-state index contributed by atoms with van der Waals surface area (Å²) in [5.41, 5.74) is 3.19. The van der Waals surface area contributed by atoms with E-state index >= 15 is 0 Å². The third kappa shape index (κ3) is 2.55. The van der Waals surface area contributed by atoms with Gasteiger partial charge in [-0.3, -0.25) is 9.59 Å². The number of carbonyl (C=O) groups excluding carboxylic acids is 2. The van der Waals surface area contributed by atoms with E-state index in [1.165, 1.54) is 0 Å². The van der Waals surface area contributed by atoms with E-state index in [1.54, 1.807) is 4.90 Å². The van der Waals surface area contributed by atoms with E-state index in [0.29, 0.717) is 19.5 Å². The van der Waals surface area contributed by atoms with Crippen molar-refractivity contribution in [3.63, 3.8) is 0 Å². The Kier molecular flexibility index (Phi) is 4.12. The molecule has 20 heavy (non-hydrogen) atoms. The number of amides is 2. The minimum absolute atomic E-state index is 0.00625. The molecule has 4 heteroatoms. The molecule has 4 nitrogen and oxygen atoms in total. The van der Waals surface area contributed by atoms with Crippen molar-refractivity contribution in [3.05, 3.63) is 29.3 Å². The summed E-state index contributed by atoms with van der Waals surface area (Å²) in [5.74, 6) is 0.0539. The number of piperazine rings is 1. The van der Waals surface area contributed by atoms with Crippen LogP contribution in [0.3, 0.4) is 0 Å². The van der Waals surface area contributed by atoms with Crippen LogP contribution in [0, 0.1) is 13.8 Å². The molecule has 0 aliphatic carbocycles. The van der Waals surface area contributed by atoms with E-state index in [9.17, 15) is 9.59 Å². The van der Waals surface area contributed by atoms with E-state index < -0.39 is 0 Å². The number of carbonyl (C=O) groups is 2. The first-order valence-electron chi connectivity index (χ1n) is 7.13. The van der Waals surface area contributed by atoms with Crippen LogP contribution in [0.1, 0.15) is 31.4 Å². The molecule has 1 saturated heterocycles. The number of rotatable bonds is 2. The number of aryl methyl sites for hydroxylation is 2. The van der Waals surface area contributed by atoms with Crippen molar-refractivity contribution in [2.45, 2.75) is 40.2 Å². The fraction of sp³-hybridized carbons (Fsp3) is 0.500. The van der Waals surface area contributed by atoms with Gasteiger partial charge in [0.05, 0.1) is 0 Å². The third-order valence-corrected chi connectivity index (χ3v) is 3.93. The Bertz CT molecular complexity index is 539. The molecule has 108 valence electrons. The maximum Gasteiger partial charge on any atom is 0.249 e. The number of benzene rings is 1. The summed E-state index contributed by atoms with van der Waals surface area (Å²) in [7, 11) is 0. The topological polar surface area (TPSA) is 40.6 Å². The summed E-state index contributed by atoms with van der Waals surface area (Å²) in [6, 6.07) is 5.74. The number of hydrogen-bond donors (Lipinski definition) is 0. The summed E-state index contributed by atoms with van der Waals surface area (Å²) in [5, 5.41) is 0. The van der Waals surface area contributed by atoms with E-state index in [2.05, 4.69) is 0 Å². The lowest BCUT2D eigenvalue weighted by molar-refractivity contribution is -0.140. The van der Waals surface area contributed by atoms with E-state index in [4.69, 9.17) is 0 Å². The zero-order chi connectivity index (χ0) is 14.9. The van der Waals surface area contributed by atoms with Gasteiger partial charge in [-0.1, -0.05) is 19.1 Å². The number of nitrogens with zero attached hydrogens (tertiary/aromatic N) is 2. The fourth-order valence-electron chi connectivity index (χ4n) is 2.66. The van der Waals surface area contributed by atoms with E-state index in [1.807, 2.05) is 50.8 Å². The number of hydrogen-bond acceptors (Lipinski definition) is 2. The van der Waals surface area contributed by atoms with Gasteiger partial charge in [-0.2, -0.15) is 0 Å². The van der Waals surface area contributed by atoms with Crippen molar-refractivity contribution in [3.8, 4) is 0 Å². The maximum atomic E-state index is 12.6. The van der Waals surface area contributed by atoms with Gasteiger partial charge >= 0.3 is 0 Å². The average Bonchev–Trinajstić information content (AvgIpc) is 2.44. The van der Waals surface area contributed by atoms with Gasteiger partial charge in [0, 0.05) is 25.2 Å².